The van der Waals surface area contributed by atoms with Gasteiger partial charge >= 0.3 is 0 Å². The van der Waals surface area contributed by atoms with Crippen LogP contribution in [0.15, 0.2) is 73.2 Å². The standard InChI is InChI=1S/C35H37Cl2N9/c1-22(30-7-5-6-14-39-30)41-32-24(19-38)20-40-34-28(32)17-26(18-29(34)37)42-33(23-8-10-25(36)11-9-23)31-21-46(44-43-31)27-12-15-45(16-13-27)35(2,3)4/h5-11,14,17-18,20-22,27,33,42H,12-13,15-16H2,1-4H3,(H,40,41). The van der Waals surface area contributed by atoms with Gasteiger partial charge in [-0.15, -0.1) is 5.10 Å². The molecule has 6 rings (SSSR count). The Kier molecular flexibility index (Phi) is 9.14. The molecule has 1 saturated heterocycles. The van der Waals surface area contributed by atoms with E-state index >= 15 is 0 Å². The zero-order valence-electron chi connectivity index (χ0n) is 26.4. The molecule has 2 N–H and O–H groups in total. The van der Waals surface area contributed by atoms with E-state index in [1.54, 1.807) is 12.4 Å². The third-order valence-electron chi connectivity index (χ3n) is 8.66. The van der Waals surface area contributed by atoms with Crippen LogP contribution in [0.3, 0.4) is 0 Å². The molecule has 0 spiro atoms. The predicted molar refractivity (Wildman–Crippen MR) is 184 cm³/mol. The molecule has 0 radical (unpaired) electrons. The summed E-state index contributed by atoms with van der Waals surface area (Å²) in [5.41, 5.74) is 5.16. The van der Waals surface area contributed by atoms with Crippen molar-refractivity contribution in [2.45, 2.75) is 64.2 Å². The smallest absolute Gasteiger partial charge is 0.109 e. The van der Waals surface area contributed by atoms with Gasteiger partial charge in [0.15, 0.2) is 0 Å². The van der Waals surface area contributed by atoms with Crippen LogP contribution in [0.2, 0.25) is 10.0 Å². The highest BCUT2D eigenvalue weighted by Crippen LogP contribution is 2.37. The van der Waals surface area contributed by atoms with Crippen molar-refractivity contribution in [3.8, 4) is 6.07 Å². The second kappa shape index (κ2) is 13.2. The highest BCUT2D eigenvalue weighted by molar-refractivity contribution is 6.36. The number of nitrogens with one attached hydrogen (secondary N) is 2. The van der Waals surface area contributed by atoms with Gasteiger partial charge in [0.25, 0.3) is 0 Å². The lowest BCUT2D eigenvalue weighted by molar-refractivity contribution is 0.0866. The summed E-state index contributed by atoms with van der Waals surface area (Å²) in [6, 6.07) is 19.4. The second-order valence-electron chi connectivity index (χ2n) is 12.8. The van der Waals surface area contributed by atoms with Crippen molar-refractivity contribution < 1.29 is 0 Å². The minimum atomic E-state index is -0.342. The first-order valence-corrected chi connectivity index (χ1v) is 16.2. The lowest BCUT2D eigenvalue weighted by Gasteiger charge is -2.40. The van der Waals surface area contributed by atoms with Crippen molar-refractivity contribution in [2.24, 2.45) is 0 Å². The molecule has 0 bridgehead atoms. The van der Waals surface area contributed by atoms with Crippen molar-refractivity contribution in [1.82, 2.24) is 29.9 Å². The van der Waals surface area contributed by atoms with Gasteiger partial charge in [0.2, 0.25) is 0 Å². The minimum Gasteiger partial charge on any atom is -0.375 e. The maximum Gasteiger partial charge on any atom is 0.109 e. The van der Waals surface area contributed by atoms with Gasteiger partial charge in [-0.1, -0.05) is 46.6 Å². The van der Waals surface area contributed by atoms with Gasteiger partial charge in [0.1, 0.15) is 11.8 Å². The van der Waals surface area contributed by atoms with Crippen LogP contribution in [0, 0.1) is 11.3 Å². The molecule has 9 nitrogen and oxygen atoms in total. The van der Waals surface area contributed by atoms with E-state index in [1.807, 2.05) is 72.4 Å². The number of piperidine rings is 1. The number of fused-ring (bicyclic) bond motifs is 1. The topological polar surface area (TPSA) is 108 Å². The fourth-order valence-electron chi connectivity index (χ4n) is 6.06. The first-order chi connectivity index (χ1) is 22.1. The zero-order valence-corrected chi connectivity index (χ0v) is 27.9. The molecule has 4 heterocycles. The number of halogens is 2. The molecule has 1 aliphatic rings. The van der Waals surface area contributed by atoms with Crippen LogP contribution in [0.25, 0.3) is 10.9 Å². The van der Waals surface area contributed by atoms with Crippen LogP contribution in [0.1, 0.15) is 81.2 Å². The van der Waals surface area contributed by atoms with Crippen LogP contribution >= 0.6 is 23.2 Å². The van der Waals surface area contributed by atoms with Crippen molar-refractivity contribution in [3.63, 3.8) is 0 Å². The Bertz CT molecular complexity index is 1850. The fourth-order valence-corrected chi connectivity index (χ4v) is 6.45. The van der Waals surface area contributed by atoms with Crippen molar-refractivity contribution >= 4 is 45.5 Å². The third-order valence-corrected chi connectivity index (χ3v) is 9.20. The summed E-state index contributed by atoms with van der Waals surface area (Å²) in [5, 5.41) is 28.2. The first kappa shape index (κ1) is 31.7. The Balaban J connectivity index is 1.34. The summed E-state index contributed by atoms with van der Waals surface area (Å²) in [6.45, 7) is 10.8. The summed E-state index contributed by atoms with van der Waals surface area (Å²) in [4.78, 5) is 11.5. The Hall–Kier alpha value is -4.23. The quantitative estimate of drug-likeness (QED) is 0.172. The Morgan fingerprint density at radius 1 is 0.978 bits per heavy atom. The van der Waals surface area contributed by atoms with Crippen molar-refractivity contribution in [3.05, 3.63) is 106 Å². The Morgan fingerprint density at radius 2 is 1.74 bits per heavy atom. The minimum absolute atomic E-state index is 0.151. The number of aromatic nitrogens is 5. The van der Waals surface area contributed by atoms with Gasteiger partial charge in [-0.3, -0.25) is 14.9 Å². The van der Waals surface area contributed by atoms with E-state index in [1.165, 1.54) is 0 Å². The van der Waals surface area contributed by atoms with Crippen molar-refractivity contribution in [1.29, 1.82) is 5.26 Å². The first-order valence-electron chi connectivity index (χ1n) is 15.5. The molecule has 2 unspecified atom stereocenters. The van der Waals surface area contributed by atoms with Gasteiger partial charge in [-0.25, -0.2) is 4.68 Å². The molecule has 1 fully saturated rings. The highest BCUT2D eigenvalue weighted by atomic mass is 35.5. The van der Waals surface area contributed by atoms with Crippen molar-refractivity contribution in [2.75, 3.05) is 23.7 Å². The van der Waals surface area contributed by atoms with E-state index < -0.39 is 0 Å². The largest absolute Gasteiger partial charge is 0.375 e. The number of rotatable bonds is 8. The number of nitrogens with zero attached hydrogens (tertiary/aromatic N) is 7. The summed E-state index contributed by atoms with van der Waals surface area (Å²) < 4.78 is 2.01. The highest BCUT2D eigenvalue weighted by Gasteiger charge is 2.29. The van der Waals surface area contributed by atoms with E-state index in [0.29, 0.717) is 26.8 Å². The number of nitriles is 1. The normalized spacial score (nSPS) is 15.8. The number of likely N-dealkylation sites (tertiary alicyclic amines) is 1. The third kappa shape index (κ3) is 6.80. The molecule has 0 amide bonds. The van der Waals surface area contributed by atoms with E-state index in [0.717, 1.165) is 54.0 Å². The van der Waals surface area contributed by atoms with E-state index in [2.05, 4.69) is 62.7 Å². The summed E-state index contributed by atoms with van der Waals surface area (Å²) in [5.74, 6) is 0. The van der Waals surface area contributed by atoms with E-state index in [4.69, 9.17) is 23.2 Å². The SMILES string of the molecule is CC(Nc1c(C#N)cnc2c(Cl)cc(NC(c3ccc(Cl)cc3)c3cn(C4CCN(C(C)(C)C)CC4)nn3)cc12)c1ccccn1. The number of hydrogen-bond acceptors (Lipinski definition) is 8. The Labute approximate surface area is 279 Å². The molecule has 1 aliphatic heterocycles. The summed E-state index contributed by atoms with van der Waals surface area (Å²) in [6.07, 6.45) is 7.38. The lowest BCUT2D eigenvalue weighted by atomic mass is 9.98. The molecule has 3 aromatic heterocycles. The molecule has 2 atom stereocenters. The predicted octanol–water partition coefficient (Wildman–Crippen LogP) is 8.21. The number of hydrogen-bond donors (Lipinski definition) is 2. The number of pyridine rings is 2. The van der Waals surface area contributed by atoms with Crippen LogP contribution in [-0.4, -0.2) is 48.5 Å². The average Bonchev–Trinajstić information content (AvgIpc) is 3.55. The van der Waals surface area contributed by atoms with Crippen LogP contribution in [0.4, 0.5) is 11.4 Å². The molecule has 0 saturated carbocycles. The average molecular weight is 655 g/mol. The maximum atomic E-state index is 10.0. The fraction of sp³-hybridized carbons (Fsp3) is 0.343. The van der Waals surface area contributed by atoms with Gasteiger partial charge in [0, 0.05) is 47.1 Å². The van der Waals surface area contributed by atoms with Crippen LogP contribution in [0.5, 0.6) is 0 Å². The second-order valence-corrected chi connectivity index (χ2v) is 13.6. The molecule has 5 aromatic rings. The molecular weight excluding hydrogens is 617 g/mol. The van der Waals surface area contributed by atoms with E-state index in [9.17, 15) is 5.26 Å². The molecule has 2 aromatic carbocycles. The summed E-state index contributed by atoms with van der Waals surface area (Å²) >= 11 is 13.1. The molecule has 11 heteroatoms. The molecule has 0 aliphatic carbocycles. The Morgan fingerprint density at radius 3 is 2.41 bits per heavy atom. The zero-order chi connectivity index (χ0) is 32.4. The molecule has 236 valence electrons. The maximum absolute atomic E-state index is 10.0. The van der Waals surface area contributed by atoms with E-state index in [-0.39, 0.29) is 23.7 Å². The lowest BCUT2D eigenvalue weighted by Crippen LogP contribution is -2.46. The number of anilines is 2. The van der Waals surface area contributed by atoms with Gasteiger partial charge < -0.3 is 10.6 Å². The molecular formula is C35H37Cl2N9. The van der Waals surface area contributed by atoms with Gasteiger partial charge in [-0.05, 0) is 82.5 Å². The van der Waals surface area contributed by atoms with Crippen LogP contribution < -0.4 is 10.6 Å². The van der Waals surface area contributed by atoms with Gasteiger partial charge in [0.05, 0.1) is 51.8 Å². The summed E-state index contributed by atoms with van der Waals surface area (Å²) in [7, 11) is 0. The molecule has 46 heavy (non-hydrogen) atoms. The monoisotopic (exact) mass is 653 g/mol. The van der Waals surface area contributed by atoms with Crippen LogP contribution in [-0.2, 0) is 0 Å². The van der Waals surface area contributed by atoms with Gasteiger partial charge in [-0.2, -0.15) is 5.26 Å². The number of benzene rings is 2.